The van der Waals surface area contributed by atoms with Crippen LogP contribution >= 0.6 is 0 Å². The van der Waals surface area contributed by atoms with Crippen molar-refractivity contribution in [1.82, 2.24) is 0 Å². The van der Waals surface area contributed by atoms with Crippen molar-refractivity contribution in [3.05, 3.63) is 34.4 Å². The van der Waals surface area contributed by atoms with E-state index in [-0.39, 0.29) is 0 Å². The number of halogens is 4. The van der Waals surface area contributed by atoms with Gasteiger partial charge in [-0.1, -0.05) is 0 Å². The van der Waals surface area contributed by atoms with E-state index in [4.69, 9.17) is 5.26 Å². The summed E-state index contributed by atoms with van der Waals surface area (Å²) in [6.45, 7) is 0.924. The van der Waals surface area contributed by atoms with Gasteiger partial charge in [0.25, 0.3) is 0 Å². The molecule has 0 unspecified atom stereocenters. The molecule has 74 valence electrons. The van der Waals surface area contributed by atoms with Gasteiger partial charge in [0.15, 0.2) is 23.3 Å². The summed E-state index contributed by atoms with van der Waals surface area (Å²) in [5, 5.41) is 8.19. The lowest BCUT2D eigenvalue weighted by Gasteiger charge is -2.06. The smallest absolute Gasteiger partial charge is 0.166 e. The maximum absolute atomic E-state index is 13.0. The van der Waals surface area contributed by atoms with Gasteiger partial charge in [-0.25, -0.2) is 17.6 Å². The Balaban J connectivity index is 3.53. The fourth-order valence-corrected chi connectivity index (χ4v) is 1.02. The first-order valence-electron chi connectivity index (χ1n) is 3.69. The highest BCUT2D eigenvalue weighted by Crippen LogP contribution is 2.23. The predicted molar refractivity (Wildman–Crippen MR) is 40.3 cm³/mol. The zero-order chi connectivity index (χ0) is 10.9. The third-order valence-corrected chi connectivity index (χ3v) is 1.83. The molecule has 0 N–H and O–H groups in total. The molecule has 0 saturated heterocycles. The minimum absolute atomic E-state index is 0.703. The molecule has 14 heavy (non-hydrogen) atoms. The first-order chi connectivity index (χ1) is 6.50. The number of hydrogen-bond acceptors (Lipinski definition) is 1. The standard InChI is InChI=1S/C9H5F4N/c1-4-6(10)8(12)5(2-3-14)9(13)7(4)11/h2H2,1H3. The van der Waals surface area contributed by atoms with Crippen molar-refractivity contribution in [2.24, 2.45) is 0 Å². The van der Waals surface area contributed by atoms with Crippen LogP contribution in [-0.2, 0) is 6.42 Å². The quantitative estimate of drug-likeness (QED) is 0.508. The summed E-state index contributed by atoms with van der Waals surface area (Å²) in [5.41, 5.74) is -1.59. The lowest BCUT2D eigenvalue weighted by molar-refractivity contribution is 0.434. The van der Waals surface area contributed by atoms with Crippen molar-refractivity contribution in [1.29, 1.82) is 5.26 Å². The highest BCUT2D eigenvalue weighted by Gasteiger charge is 2.22. The maximum Gasteiger partial charge on any atom is 0.166 e. The SMILES string of the molecule is Cc1c(F)c(F)c(CC#N)c(F)c1F. The Bertz CT molecular complexity index is 391. The van der Waals surface area contributed by atoms with Crippen LogP contribution in [0.1, 0.15) is 11.1 Å². The molecule has 0 aromatic heterocycles. The monoisotopic (exact) mass is 203 g/mol. The van der Waals surface area contributed by atoms with Gasteiger partial charge in [-0.2, -0.15) is 5.26 Å². The zero-order valence-corrected chi connectivity index (χ0v) is 7.17. The van der Waals surface area contributed by atoms with Gasteiger partial charge in [0, 0.05) is 11.1 Å². The third-order valence-electron chi connectivity index (χ3n) is 1.83. The molecule has 0 atom stereocenters. The normalized spacial score (nSPS) is 10.0. The number of nitrogens with zero attached hydrogens (tertiary/aromatic N) is 1. The second kappa shape index (κ2) is 3.66. The van der Waals surface area contributed by atoms with Crippen molar-refractivity contribution in [3.8, 4) is 6.07 Å². The van der Waals surface area contributed by atoms with E-state index in [0.29, 0.717) is 0 Å². The summed E-state index contributed by atoms with van der Waals surface area (Å²) in [5.74, 6) is -5.89. The Kier molecular flexibility index (Phi) is 2.75. The molecule has 5 heteroatoms. The van der Waals surface area contributed by atoms with Crippen molar-refractivity contribution in [2.75, 3.05) is 0 Å². The van der Waals surface area contributed by atoms with E-state index >= 15 is 0 Å². The molecule has 0 aliphatic carbocycles. The van der Waals surface area contributed by atoms with Crippen molar-refractivity contribution >= 4 is 0 Å². The van der Waals surface area contributed by atoms with Gasteiger partial charge in [0.1, 0.15) is 0 Å². The average Bonchev–Trinajstić information content (AvgIpc) is 2.19. The number of nitriles is 1. The van der Waals surface area contributed by atoms with E-state index in [1.165, 1.54) is 6.07 Å². The molecule has 1 nitrogen and oxygen atoms in total. The summed E-state index contributed by atoms with van der Waals surface area (Å²) < 4.78 is 51.6. The van der Waals surface area contributed by atoms with E-state index in [9.17, 15) is 17.6 Å². The van der Waals surface area contributed by atoms with Crippen LogP contribution in [-0.4, -0.2) is 0 Å². The van der Waals surface area contributed by atoms with Crippen LogP contribution in [0.5, 0.6) is 0 Å². The lowest BCUT2D eigenvalue weighted by atomic mass is 10.1. The van der Waals surface area contributed by atoms with E-state index in [1.807, 2.05) is 0 Å². The summed E-state index contributed by atoms with van der Waals surface area (Å²) >= 11 is 0. The molecule has 1 aromatic carbocycles. The highest BCUT2D eigenvalue weighted by atomic mass is 19.2. The number of hydrogen-bond donors (Lipinski definition) is 0. The predicted octanol–water partition coefficient (Wildman–Crippen LogP) is 2.62. The van der Waals surface area contributed by atoms with E-state index in [2.05, 4.69) is 0 Å². The Morgan fingerprint density at radius 1 is 1.00 bits per heavy atom. The number of rotatable bonds is 1. The largest absolute Gasteiger partial charge is 0.203 e. The Hall–Kier alpha value is -1.57. The van der Waals surface area contributed by atoms with Crippen LogP contribution < -0.4 is 0 Å². The van der Waals surface area contributed by atoms with Crippen LogP contribution in [0, 0.1) is 41.5 Å². The van der Waals surface area contributed by atoms with Crippen LogP contribution in [0.15, 0.2) is 0 Å². The first-order valence-corrected chi connectivity index (χ1v) is 3.69. The Morgan fingerprint density at radius 3 is 1.79 bits per heavy atom. The molecular formula is C9H5F4N. The maximum atomic E-state index is 13.0. The highest BCUT2D eigenvalue weighted by molar-refractivity contribution is 5.30. The van der Waals surface area contributed by atoms with Gasteiger partial charge < -0.3 is 0 Å². The van der Waals surface area contributed by atoms with Gasteiger partial charge >= 0.3 is 0 Å². The summed E-state index contributed by atoms with van der Waals surface area (Å²) in [4.78, 5) is 0. The summed E-state index contributed by atoms with van der Waals surface area (Å²) in [6, 6.07) is 1.43. The second-order valence-electron chi connectivity index (χ2n) is 2.69. The first kappa shape index (κ1) is 10.5. The summed E-state index contributed by atoms with van der Waals surface area (Å²) in [6.07, 6.45) is -0.703. The molecule has 0 aliphatic heterocycles. The molecule has 0 saturated carbocycles. The molecule has 0 aliphatic rings. The van der Waals surface area contributed by atoms with Crippen LogP contribution in [0.4, 0.5) is 17.6 Å². The zero-order valence-electron chi connectivity index (χ0n) is 7.17. The lowest BCUT2D eigenvalue weighted by Crippen LogP contribution is -2.05. The van der Waals surface area contributed by atoms with Crippen molar-refractivity contribution in [2.45, 2.75) is 13.3 Å². The van der Waals surface area contributed by atoms with E-state index in [0.717, 1.165) is 6.92 Å². The van der Waals surface area contributed by atoms with Crippen molar-refractivity contribution < 1.29 is 17.6 Å². The fourth-order valence-electron chi connectivity index (χ4n) is 1.02. The minimum Gasteiger partial charge on any atom is -0.203 e. The van der Waals surface area contributed by atoms with E-state index in [1.54, 1.807) is 0 Å². The molecule has 1 rings (SSSR count). The molecular weight excluding hydrogens is 198 g/mol. The average molecular weight is 203 g/mol. The van der Waals surface area contributed by atoms with Crippen LogP contribution in [0.2, 0.25) is 0 Å². The number of benzene rings is 1. The Morgan fingerprint density at radius 2 is 1.43 bits per heavy atom. The van der Waals surface area contributed by atoms with Crippen LogP contribution in [0.25, 0.3) is 0 Å². The molecule has 0 fully saturated rings. The molecule has 0 radical (unpaired) electrons. The molecule has 0 heterocycles. The topological polar surface area (TPSA) is 23.8 Å². The molecule has 0 spiro atoms. The molecule has 0 bridgehead atoms. The van der Waals surface area contributed by atoms with E-state index < -0.39 is 40.8 Å². The van der Waals surface area contributed by atoms with Gasteiger partial charge in [-0.05, 0) is 6.92 Å². The second-order valence-corrected chi connectivity index (χ2v) is 2.69. The third kappa shape index (κ3) is 1.43. The van der Waals surface area contributed by atoms with Gasteiger partial charge in [-0.3, -0.25) is 0 Å². The fraction of sp³-hybridized carbons (Fsp3) is 0.222. The minimum atomic E-state index is -1.50. The van der Waals surface area contributed by atoms with Gasteiger partial charge in [0.05, 0.1) is 12.5 Å². The Labute approximate surface area is 77.6 Å². The van der Waals surface area contributed by atoms with Crippen molar-refractivity contribution in [3.63, 3.8) is 0 Å². The molecule has 1 aromatic rings. The summed E-state index contributed by atoms with van der Waals surface area (Å²) in [7, 11) is 0. The van der Waals surface area contributed by atoms with Crippen LogP contribution in [0.3, 0.4) is 0 Å². The van der Waals surface area contributed by atoms with Gasteiger partial charge in [0.2, 0.25) is 0 Å². The van der Waals surface area contributed by atoms with Gasteiger partial charge in [-0.15, -0.1) is 0 Å². The molecule has 0 amide bonds.